The fourth-order valence-electron chi connectivity index (χ4n) is 1.90. The minimum Gasteiger partial charge on any atom is -0.294 e. The maximum Gasteiger partial charge on any atom is 0.0970 e. The molecule has 0 atom stereocenters. The molecule has 0 saturated carbocycles. The van der Waals surface area contributed by atoms with Crippen molar-refractivity contribution in [2.24, 2.45) is 5.10 Å². The van der Waals surface area contributed by atoms with E-state index in [4.69, 9.17) is 10.4 Å². The molecule has 8 heteroatoms. The topological polar surface area (TPSA) is 62.5 Å². The van der Waals surface area contributed by atoms with E-state index in [0.717, 1.165) is 31.7 Å². The summed E-state index contributed by atoms with van der Waals surface area (Å²) in [4.78, 5) is 2.17. The maximum atomic E-state index is 8.85. The summed E-state index contributed by atoms with van der Waals surface area (Å²) >= 11 is 8.59. The molecule has 20 heavy (non-hydrogen) atoms. The molecule has 1 saturated heterocycles. The van der Waals surface area contributed by atoms with Crippen LogP contribution in [0.1, 0.15) is 5.56 Å². The van der Waals surface area contributed by atoms with E-state index in [1.807, 2.05) is 5.01 Å². The summed E-state index contributed by atoms with van der Waals surface area (Å²) in [5.41, 5.74) is 1.21. The number of hydrazone groups is 1. The third kappa shape index (κ3) is 4.29. The smallest absolute Gasteiger partial charge is 0.0970 e. The van der Waals surface area contributed by atoms with Crippen molar-refractivity contribution in [1.82, 2.24) is 9.91 Å². The van der Waals surface area contributed by atoms with Crippen molar-refractivity contribution in [3.05, 3.63) is 29.8 Å². The predicted octanol–water partition coefficient (Wildman–Crippen LogP) is 1.37. The van der Waals surface area contributed by atoms with Crippen LogP contribution in [-0.4, -0.2) is 57.4 Å². The lowest BCUT2D eigenvalue weighted by Gasteiger charge is -2.34. The van der Waals surface area contributed by atoms with Crippen LogP contribution >= 0.6 is 25.3 Å². The second-order valence-electron chi connectivity index (χ2n) is 4.46. The van der Waals surface area contributed by atoms with Gasteiger partial charge >= 0.3 is 0 Å². The molecule has 0 radical (unpaired) electrons. The zero-order valence-electron chi connectivity index (χ0n) is 10.9. The van der Waals surface area contributed by atoms with E-state index in [9.17, 15) is 0 Å². The van der Waals surface area contributed by atoms with Gasteiger partial charge in [0.15, 0.2) is 0 Å². The summed E-state index contributed by atoms with van der Waals surface area (Å²) in [6, 6.07) is 6.75. The highest BCUT2D eigenvalue weighted by molar-refractivity contribution is 7.99. The Morgan fingerprint density at radius 2 is 1.70 bits per heavy atom. The lowest BCUT2D eigenvalue weighted by Crippen LogP contribution is -2.45. The summed E-state index contributed by atoms with van der Waals surface area (Å²) in [7, 11) is 0. The van der Waals surface area contributed by atoms with Crippen LogP contribution in [0.3, 0.4) is 0 Å². The SMILES string of the molecule is ON(O)c1ccc(/C=N/N2CCN(C(S)S)CC2)cc1. The van der Waals surface area contributed by atoms with Gasteiger partial charge in [-0.05, 0) is 17.7 Å². The van der Waals surface area contributed by atoms with Gasteiger partial charge in [-0.1, -0.05) is 12.1 Å². The van der Waals surface area contributed by atoms with Crippen molar-refractivity contribution in [3.63, 3.8) is 0 Å². The number of piperazine rings is 1. The molecule has 1 heterocycles. The van der Waals surface area contributed by atoms with Crippen LogP contribution in [0.5, 0.6) is 0 Å². The molecule has 2 N–H and O–H groups in total. The van der Waals surface area contributed by atoms with Gasteiger partial charge in [0.2, 0.25) is 0 Å². The van der Waals surface area contributed by atoms with Gasteiger partial charge in [-0.3, -0.25) is 20.3 Å². The lowest BCUT2D eigenvalue weighted by atomic mass is 10.2. The normalized spacial score (nSPS) is 17.1. The number of hydrogen-bond donors (Lipinski definition) is 4. The third-order valence-electron chi connectivity index (χ3n) is 3.11. The van der Waals surface area contributed by atoms with E-state index in [2.05, 4.69) is 35.3 Å². The van der Waals surface area contributed by atoms with Gasteiger partial charge in [-0.2, -0.15) is 5.10 Å². The van der Waals surface area contributed by atoms with Crippen molar-refractivity contribution in [3.8, 4) is 0 Å². The van der Waals surface area contributed by atoms with Gasteiger partial charge < -0.3 is 0 Å². The first kappa shape index (κ1) is 15.5. The average Bonchev–Trinajstić information content (AvgIpc) is 2.46. The fraction of sp³-hybridized carbons (Fsp3) is 0.417. The first-order valence-electron chi connectivity index (χ1n) is 6.23. The number of benzene rings is 1. The molecule has 1 aliphatic heterocycles. The van der Waals surface area contributed by atoms with E-state index in [1.54, 1.807) is 30.5 Å². The summed E-state index contributed by atoms with van der Waals surface area (Å²) in [6.07, 6.45) is 1.76. The first-order valence-corrected chi connectivity index (χ1v) is 7.26. The molecule has 2 rings (SSSR count). The minimum absolute atomic E-state index is 0.0198. The Labute approximate surface area is 129 Å². The predicted molar refractivity (Wildman–Crippen MR) is 85.0 cm³/mol. The second-order valence-corrected chi connectivity index (χ2v) is 5.85. The van der Waals surface area contributed by atoms with E-state index in [1.165, 1.54) is 0 Å². The van der Waals surface area contributed by atoms with Gasteiger partial charge in [0, 0.05) is 26.2 Å². The Morgan fingerprint density at radius 3 is 2.20 bits per heavy atom. The molecular weight excluding hydrogens is 296 g/mol. The maximum absolute atomic E-state index is 8.85. The molecule has 1 aromatic rings. The Balaban J connectivity index is 1.87. The van der Waals surface area contributed by atoms with Crippen molar-refractivity contribution < 1.29 is 10.4 Å². The van der Waals surface area contributed by atoms with Gasteiger partial charge in [-0.15, -0.1) is 30.5 Å². The molecule has 0 amide bonds. The van der Waals surface area contributed by atoms with Crippen LogP contribution < -0.4 is 5.23 Å². The van der Waals surface area contributed by atoms with Gasteiger partial charge in [-0.25, -0.2) is 0 Å². The van der Waals surface area contributed by atoms with Crippen LogP contribution in [0.25, 0.3) is 0 Å². The van der Waals surface area contributed by atoms with Crippen LogP contribution in [0, 0.1) is 0 Å². The molecule has 6 nitrogen and oxygen atoms in total. The summed E-state index contributed by atoms with van der Waals surface area (Å²) in [5, 5.41) is 24.2. The fourth-order valence-corrected chi connectivity index (χ4v) is 2.36. The quantitative estimate of drug-likeness (QED) is 0.293. The number of anilines is 1. The van der Waals surface area contributed by atoms with Crippen molar-refractivity contribution >= 4 is 37.2 Å². The number of rotatable bonds is 4. The summed E-state index contributed by atoms with van der Waals surface area (Å²) in [5.74, 6) is 0. The molecule has 1 fully saturated rings. The highest BCUT2D eigenvalue weighted by Crippen LogP contribution is 2.13. The van der Waals surface area contributed by atoms with Gasteiger partial charge in [0.25, 0.3) is 0 Å². The minimum atomic E-state index is -0.0198. The molecular formula is C12H18N4O2S2. The van der Waals surface area contributed by atoms with Crippen LogP contribution in [0.15, 0.2) is 29.4 Å². The lowest BCUT2D eigenvalue weighted by molar-refractivity contribution is 0.0291. The average molecular weight is 314 g/mol. The molecule has 1 aliphatic rings. The highest BCUT2D eigenvalue weighted by Gasteiger charge is 2.17. The summed E-state index contributed by atoms with van der Waals surface area (Å²) < 4.78 is -0.0198. The van der Waals surface area contributed by atoms with E-state index < -0.39 is 0 Å². The Hall–Kier alpha value is -0.930. The van der Waals surface area contributed by atoms with Crippen LogP contribution in [-0.2, 0) is 0 Å². The van der Waals surface area contributed by atoms with E-state index in [0.29, 0.717) is 5.69 Å². The molecule has 1 aromatic carbocycles. The Bertz CT molecular complexity index is 445. The Morgan fingerprint density at radius 1 is 1.10 bits per heavy atom. The van der Waals surface area contributed by atoms with Crippen LogP contribution in [0.4, 0.5) is 5.69 Å². The van der Waals surface area contributed by atoms with Gasteiger partial charge in [0.05, 0.1) is 16.6 Å². The summed E-state index contributed by atoms with van der Waals surface area (Å²) in [6.45, 7) is 3.45. The standard InChI is InChI=1S/C12H18N4O2S2/c17-16(18)11-3-1-10(2-4-11)9-13-15-7-5-14(6-8-15)12(19)20/h1-4,9,12,17-20H,5-8H2/b13-9+. The highest BCUT2D eigenvalue weighted by atomic mass is 32.2. The van der Waals surface area contributed by atoms with Crippen LogP contribution in [0.2, 0.25) is 0 Å². The molecule has 0 aliphatic carbocycles. The molecule has 0 unspecified atom stereocenters. The Kier molecular flexibility index (Phi) is 5.55. The van der Waals surface area contributed by atoms with E-state index >= 15 is 0 Å². The molecule has 0 spiro atoms. The van der Waals surface area contributed by atoms with Crippen molar-refractivity contribution in [2.45, 2.75) is 4.71 Å². The van der Waals surface area contributed by atoms with Crippen molar-refractivity contribution in [2.75, 3.05) is 31.4 Å². The third-order valence-corrected chi connectivity index (χ3v) is 3.76. The van der Waals surface area contributed by atoms with Gasteiger partial charge in [0.1, 0.15) is 0 Å². The monoisotopic (exact) mass is 314 g/mol. The zero-order chi connectivity index (χ0) is 14.5. The first-order chi connectivity index (χ1) is 9.56. The molecule has 110 valence electrons. The number of hydrogen-bond acceptors (Lipinski definition) is 8. The zero-order valence-corrected chi connectivity index (χ0v) is 12.7. The largest absolute Gasteiger partial charge is 0.294 e. The van der Waals surface area contributed by atoms with E-state index in [-0.39, 0.29) is 9.93 Å². The second kappa shape index (κ2) is 7.19. The molecule has 0 aromatic heterocycles. The number of thiol groups is 2. The van der Waals surface area contributed by atoms with Crippen molar-refractivity contribution in [1.29, 1.82) is 0 Å². The molecule has 0 bridgehead atoms. The number of nitrogens with zero attached hydrogens (tertiary/aromatic N) is 4.